The van der Waals surface area contributed by atoms with Crippen LogP contribution in [0.25, 0.3) is 0 Å². The van der Waals surface area contributed by atoms with E-state index < -0.39 is 20.4 Å². The third-order valence-electron chi connectivity index (χ3n) is 2.20. The van der Waals surface area contributed by atoms with Crippen molar-refractivity contribution in [2.24, 2.45) is 0 Å². The molecule has 0 aromatic rings. The summed E-state index contributed by atoms with van der Waals surface area (Å²) in [5.74, 6) is 0. The Labute approximate surface area is 88.6 Å². The van der Waals surface area contributed by atoms with Gasteiger partial charge in [0.15, 0.2) is 0 Å². The molecule has 2 aliphatic heterocycles. The van der Waals surface area contributed by atoms with Crippen LogP contribution in [-0.4, -0.2) is 51.8 Å². The number of hydrazine groups is 1. The van der Waals surface area contributed by atoms with Gasteiger partial charge in [0.2, 0.25) is 0 Å². The summed E-state index contributed by atoms with van der Waals surface area (Å²) in [6, 6.07) is 0. The van der Waals surface area contributed by atoms with Crippen molar-refractivity contribution in [1.82, 2.24) is 18.3 Å². The van der Waals surface area contributed by atoms with Crippen LogP contribution in [0.3, 0.4) is 0 Å². The maximum atomic E-state index is 11.5. The second-order valence-electron chi connectivity index (χ2n) is 3.24. The fourth-order valence-corrected chi connectivity index (χ4v) is 4.46. The first-order valence-corrected chi connectivity index (χ1v) is 7.36. The Hall–Kier alpha value is -0.260. The summed E-state index contributed by atoms with van der Waals surface area (Å²) in [6.45, 7) is 0.911. The van der Waals surface area contributed by atoms with Gasteiger partial charge in [-0.05, 0) is 6.42 Å². The van der Waals surface area contributed by atoms with Crippen molar-refractivity contribution < 1.29 is 16.8 Å². The number of nitrogens with zero attached hydrogens (tertiary/aromatic N) is 2. The smallest absolute Gasteiger partial charge is 0.201 e. The van der Waals surface area contributed by atoms with Gasteiger partial charge in [0, 0.05) is 26.2 Å². The van der Waals surface area contributed by atoms with Crippen molar-refractivity contribution >= 4 is 20.4 Å². The molecule has 15 heavy (non-hydrogen) atoms. The lowest BCUT2D eigenvalue weighted by Crippen LogP contribution is -2.56. The Balaban J connectivity index is 2.30. The van der Waals surface area contributed by atoms with E-state index in [9.17, 15) is 16.8 Å². The molecular formula is C5H12N4O4S2. The molecule has 2 saturated heterocycles. The number of rotatable bonds is 1. The van der Waals surface area contributed by atoms with Crippen LogP contribution in [0.1, 0.15) is 6.42 Å². The zero-order valence-corrected chi connectivity index (χ0v) is 9.51. The maximum absolute atomic E-state index is 11.5. The van der Waals surface area contributed by atoms with Crippen LogP contribution in [0.15, 0.2) is 0 Å². The molecular weight excluding hydrogens is 244 g/mol. The molecule has 0 aliphatic carbocycles. The molecule has 2 heterocycles. The van der Waals surface area contributed by atoms with Crippen LogP contribution in [0.5, 0.6) is 0 Å². The Bertz CT molecular complexity index is 444. The predicted octanol–water partition coefficient (Wildman–Crippen LogP) is -2.41. The second kappa shape index (κ2) is 3.64. The molecule has 2 fully saturated rings. The number of nitrogens with one attached hydrogen (secondary N) is 2. The zero-order chi connectivity index (χ0) is 11.1. The quantitative estimate of drug-likeness (QED) is 0.546. The van der Waals surface area contributed by atoms with E-state index in [0.717, 1.165) is 8.83 Å². The fraction of sp³-hybridized carbons (Fsp3) is 1.00. The zero-order valence-electron chi connectivity index (χ0n) is 7.88. The Morgan fingerprint density at radius 1 is 0.800 bits per heavy atom. The normalized spacial score (nSPS) is 31.7. The van der Waals surface area contributed by atoms with Gasteiger partial charge >= 0.3 is 0 Å². The van der Waals surface area contributed by atoms with Crippen LogP contribution >= 0.6 is 0 Å². The Morgan fingerprint density at radius 3 is 1.87 bits per heavy atom. The van der Waals surface area contributed by atoms with Gasteiger partial charge in [-0.1, -0.05) is 0 Å². The predicted molar refractivity (Wildman–Crippen MR) is 51.9 cm³/mol. The lowest BCUT2D eigenvalue weighted by atomic mass is 10.4. The van der Waals surface area contributed by atoms with Gasteiger partial charge in [0.1, 0.15) is 0 Å². The average molecular weight is 256 g/mol. The van der Waals surface area contributed by atoms with Crippen LogP contribution in [-0.2, 0) is 20.4 Å². The molecule has 0 atom stereocenters. The van der Waals surface area contributed by atoms with Crippen molar-refractivity contribution in [2.45, 2.75) is 6.42 Å². The van der Waals surface area contributed by atoms with Crippen LogP contribution < -0.4 is 9.44 Å². The highest BCUT2D eigenvalue weighted by molar-refractivity contribution is 7.90. The van der Waals surface area contributed by atoms with Crippen LogP contribution in [0.2, 0.25) is 0 Å². The highest BCUT2D eigenvalue weighted by Crippen LogP contribution is 2.15. The van der Waals surface area contributed by atoms with Gasteiger partial charge in [0.05, 0.1) is 0 Å². The summed E-state index contributed by atoms with van der Waals surface area (Å²) < 4.78 is 52.2. The molecule has 2 aliphatic rings. The highest BCUT2D eigenvalue weighted by atomic mass is 32.2. The molecule has 0 aromatic heterocycles. The molecule has 88 valence electrons. The summed E-state index contributed by atoms with van der Waals surface area (Å²) in [7, 11) is -7.36. The molecule has 0 amide bonds. The van der Waals surface area contributed by atoms with Gasteiger partial charge in [-0.2, -0.15) is 21.6 Å². The van der Waals surface area contributed by atoms with E-state index in [2.05, 4.69) is 9.44 Å². The van der Waals surface area contributed by atoms with Crippen molar-refractivity contribution in [3.05, 3.63) is 0 Å². The molecule has 0 bridgehead atoms. The molecule has 2 rings (SSSR count). The second-order valence-corrected chi connectivity index (χ2v) is 6.56. The summed E-state index contributed by atoms with van der Waals surface area (Å²) in [5.41, 5.74) is 0. The molecule has 0 radical (unpaired) electrons. The third-order valence-corrected chi connectivity index (χ3v) is 5.31. The fourth-order valence-electron chi connectivity index (χ4n) is 1.54. The first kappa shape index (κ1) is 11.2. The van der Waals surface area contributed by atoms with E-state index in [1.54, 1.807) is 0 Å². The minimum absolute atomic E-state index is 0.142. The largest absolute Gasteiger partial charge is 0.293 e. The van der Waals surface area contributed by atoms with Gasteiger partial charge in [-0.15, -0.1) is 8.83 Å². The summed E-state index contributed by atoms with van der Waals surface area (Å²) >= 11 is 0. The summed E-state index contributed by atoms with van der Waals surface area (Å²) in [5, 5.41) is 0. The van der Waals surface area contributed by atoms with Crippen molar-refractivity contribution in [3.63, 3.8) is 0 Å². The number of hydrogen-bond donors (Lipinski definition) is 2. The lowest BCUT2D eigenvalue weighted by molar-refractivity contribution is 0.164. The van der Waals surface area contributed by atoms with E-state index >= 15 is 0 Å². The van der Waals surface area contributed by atoms with E-state index in [0.29, 0.717) is 13.0 Å². The monoisotopic (exact) mass is 256 g/mol. The molecule has 0 unspecified atom stereocenters. The molecule has 0 aromatic carbocycles. The molecule has 8 nitrogen and oxygen atoms in total. The van der Waals surface area contributed by atoms with Crippen molar-refractivity contribution in [1.29, 1.82) is 0 Å². The standard InChI is InChI=1S/C5H12N4O4S2/c10-14(11)6-2-1-4-8(14)9-5-3-7-15(9,12)13/h6-7H,1-5H2. The van der Waals surface area contributed by atoms with Gasteiger partial charge < -0.3 is 0 Å². The van der Waals surface area contributed by atoms with Crippen molar-refractivity contribution in [2.75, 3.05) is 26.2 Å². The molecule has 0 saturated carbocycles. The first-order valence-electron chi connectivity index (χ1n) is 4.48. The molecule has 2 N–H and O–H groups in total. The summed E-state index contributed by atoms with van der Waals surface area (Å²) in [6.07, 6.45) is 0.589. The third kappa shape index (κ3) is 2.00. The Morgan fingerprint density at radius 2 is 1.33 bits per heavy atom. The highest BCUT2D eigenvalue weighted by Gasteiger charge is 2.40. The first-order chi connectivity index (χ1) is 6.93. The van der Waals surface area contributed by atoms with E-state index in [4.69, 9.17) is 0 Å². The average Bonchev–Trinajstić information content (AvgIpc) is 2.45. The van der Waals surface area contributed by atoms with E-state index in [1.807, 2.05) is 0 Å². The Kier molecular flexibility index (Phi) is 2.73. The van der Waals surface area contributed by atoms with Gasteiger partial charge in [-0.25, -0.2) is 4.72 Å². The molecule has 10 heteroatoms. The van der Waals surface area contributed by atoms with Crippen LogP contribution in [0, 0.1) is 0 Å². The summed E-state index contributed by atoms with van der Waals surface area (Å²) in [4.78, 5) is 0. The maximum Gasteiger partial charge on any atom is 0.293 e. The number of hydrogen-bond acceptors (Lipinski definition) is 4. The SMILES string of the molecule is O=S1(=O)NCCCN1N1CCNS1(=O)=O. The van der Waals surface area contributed by atoms with Gasteiger partial charge in [0.25, 0.3) is 20.4 Å². The topological polar surface area (TPSA) is 98.8 Å². The van der Waals surface area contributed by atoms with Gasteiger partial charge in [-0.3, -0.25) is 0 Å². The minimum atomic E-state index is -3.69. The van der Waals surface area contributed by atoms with Crippen molar-refractivity contribution in [3.8, 4) is 0 Å². The van der Waals surface area contributed by atoms with E-state index in [1.165, 1.54) is 0 Å². The molecule has 0 spiro atoms. The lowest BCUT2D eigenvalue weighted by Gasteiger charge is -2.31. The van der Waals surface area contributed by atoms with E-state index in [-0.39, 0.29) is 19.6 Å². The van der Waals surface area contributed by atoms with Crippen LogP contribution in [0.4, 0.5) is 0 Å². The minimum Gasteiger partial charge on any atom is -0.201 e.